The fourth-order valence-corrected chi connectivity index (χ4v) is 5.41. The van der Waals surface area contributed by atoms with E-state index in [1.165, 1.54) is 22.8 Å². The van der Waals surface area contributed by atoms with E-state index in [-0.39, 0.29) is 40.5 Å². The molecule has 5 rings (SSSR count). The first kappa shape index (κ1) is 25.9. The van der Waals surface area contributed by atoms with E-state index >= 15 is 0 Å². The molecule has 0 saturated carbocycles. The maximum absolute atomic E-state index is 13.8. The van der Waals surface area contributed by atoms with Crippen molar-refractivity contribution in [2.45, 2.75) is 19.9 Å². The normalized spacial score (nSPS) is 15.9. The summed E-state index contributed by atoms with van der Waals surface area (Å²) < 4.78 is 23.1. The van der Waals surface area contributed by atoms with Crippen molar-refractivity contribution in [3.05, 3.63) is 101 Å². The van der Waals surface area contributed by atoms with Crippen LogP contribution in [-0.4, -0.2) is 35.5 Å². The Morgan fingerprint density at radius 1 is 1.28 bits per heavy atom. The van der Waals surface area contributed by atoms with Gasteiger partial charge in [-0.05, 0) is 43.7 Å². The molecule has 0 unspecified atom stereocenters. The molecule has 0 aliphatic carbocycles. The van der Waals surface area contributed by atoms with Gasteiger partial charge in [-0.25, -0.2) is 9.79 Å². The Labute approximate surface area is 225 Å². The molecule has 39 heavy (non-hydrogen) atoms. The number of aromatic nitrogens is 1. The van der Waals surface area contributed by atoms with Crippen LogP contribution >= 0.6 is 11.3 Å². The lowest BCUT2D eigenvalue weighted by Gasteiger charge is -2.24. The maximum Gasteiger partial charge on any atom is 0.338 e. The third-order valence-corrected chi connectivity index (χ3v) is 7.07. The molecule has 0 fully saturated rings. The number of nitrogens with zero attached hydrogens (tertiary/aromatic N) is 3. The molecule has 2 aliphatic heterocycles. The second-order valence-electron chi connectivity index (χ2n) is 8.49. The molecule has 200 valence electrons. The summed E-state index contributed by atoms with van der Waals surface area (Å²) in [4.78, 5) is 42.9. The smallest absolute Gasteiger partial charge is 0.338 e. The third kappa shape index (κ3) is 4.81. The van der Waals surface area contributed by atoms with Crippen molar-refractivity contribution in [3.63, 3.8) is 0 Å². The molecule has 0 spiro atoms. The average Bonchev–Trinajstić information content (AvgIpc) is 3.50. The second kappa shape index (κ2) is 10.6. The maximum atomic E-state index is 13.8. The van der Waals surface area contributed by atoms with Gasteiger partial charge in [-0.1, -0.05) is 36.1 Å². The first-order chi connectivity index (χ1) is 18.8. The van der Waals surface area contributed by atoms with E-state index in [2.05, 4.69) is 11.6 Å². The van der Waals surface area contributed by atoms with Crippen molar-refractivity contribution in [3.8, 4) is 17.2 Å². The van der Waals surface area contributed by atoms with Gasteiger partial charge in [0.05, 0.1) is 45.0 Å². The van der Waals surface area contributed by atoms with Crippen molar-refractivity contribution < 1.29 is 28.7 Å². The molecule has 2 aliphatic rings. The fourth-order valence-electron chi connectivity index (χ4n) is 4.37. The van der Waals surface area contributed by atoms with Crippen molar-refractivity contribution in [2.24, 2.45) is 4.99 Å². The summed E-state index contributed by atoms with van der Waals surface area (Å²) in [6, 6.07) is 8.91. The van der Waals surface area contributed by atoms with Gasteiger partial charge >= 0.3 is 5.97 Å². The molecule has 0 amide bonds. The predicted octanol–water partition coefficient (Wildman–Crippen LogP) is 3.00. The summed E-state index contributed by atoms with van der Waals surface area (Å²) in [5.74, 6) is 0.614. The molecule has 11 nitrogen and oxygen atoms in total. The van der Waals surface area contributed by atoms with E-state index in [0.29, 0.717) is 34.2 Å². The average molecular weight is 550 g/mol. The Bertz CT molecular complexity index is 1700. The van der Waals surface area contributed by atoms with Gasteiger partial charge in [-0.15, -0.1) is 0 Å². The standard InChI is InChI=1S/C27H23N3O8S/c1-4-10-36-18-8-6-16(7-9-18)24-23(26(32)35-5-2)15(3)28-27-29(24)25(31)22(39-27)12-17-11-20-21(38-14-37-20)13-19(17)30(33)34/h4,6-9,11-13,24H,1,5,10,14H2,2-3H3/b22-12-/t24-/m0/s1. The van der Waals surface area contributed by atoms with Gasteiger partial charge in [-0.3, -0.25) is 19.5 Å². The number of thiazole rings is 1. The van der Waals surface area contributed by atoms with Crippen LogP contribution in [0.25, 0.3) is 6.08 Å². The quantitative estimate of drug-likeness (QED) is 0.181. The number of carbonyl (C=O) groups is 1. The van der Waals surface area contributed by atoms with Crippen molar-refractivity contribution in [1.29, 1.82) is 0 Å². The summed E-state index contributed by atoms with van der Waals surface area (Å²) in [6.45, 7) is 7.44. The third-order valence-electron chi connectivity index (χ3n) is 6.09. The first-order valence-corrected chi connectivity index (χ1v) is 12.7. The minimum absolute atomic E-state index is 0.0501. The molecule has 1 atom stereocenters. The molecule has 3 heterocycles. The number of rotatable bonds is 8. The summed E-state index contributed by atoms with van der Waals surface area (Å²) in [7, 11) is 0. The van der Waals surface area contributed by atoms with E-state index in [0.717, 1.165) is 11.3 Å². The van der Waals surface area contributed by atoms with Gasteiger partial charge in [0.2, 0.25) is 6.79 Å². The molecule has 0 bridgehead atoms. The number of fused-ring (bicyclic) bond motifs is 2. The van der Waals surface area contributed by atoms with Crippen molar-refractivity contribution in [2.75, 3.05) is 20.0 Å². The van der Waals surface area contributed by atoms with Crippen molar-refractivity contribution >= 4 is 29.1 Å². The summed E-state index contributed by atoms with van der Waals surface area (Å²) >= 11 is 1.07. The Balaban J connectivity index is 1.68. The van der Waals surface area contributed by atoms with Crippen LogP contribution in [0.5, 0.6) is 17.2 Å². The molecule has 12 heteroatoms. The zero-order valence-corrected chi connectivity index (χ0v) is 21.9. The van der Waals surface area contributed by atoms with E-state index in [1.54, 1.807) is 44.2 Å². The van der Waals surface area contributed by atoms with E-state index in [9.17, 15) is 19.7 Å². The van der Waals surface area contributed by atoms with Gasteiger partial charge in [-0.2, -0.15) is 0 Å². The summed E-state index contributed by atoms with van der Waals surface area (Å²) in [5.41, 5.74) is 0.755. The van der Waals surface area contributed by atoms with Gasteiger partial charge in [0.15, 0.2) is 16.3 Å². The lowest BCUT2D eigenvalue weighted by atomic mass is 9.96. The van der Waals surface area contributed by atoms with Crippen molar-refractivity contribution in [1.82, 2.24) is 4.57 Å². The Kier molecular flexibility index (Phi) is 7.03. The zero-order valence-electron chi connectivity index (χ0n) is 21.0. The summed E-state index contributed by atoms with van der Waals surface area (Å²) in [6.07, 6.45) is 3.05. The first-order valence-electron chi connectivity index (χ1n) is 11.9. The topological polar surface area (TPSA) is 131 Å². The minimum atomic E-state index is -0.831. The van der Waals surface area contributed by atoms with Gasteiger partial charge in [0.1, 0.15) is 12.4 Å². The number of hydrogen-bond acceptors (Lipinski definition) is 10. The van der Waals surface area contributed by atoms with Gasteiger partial charge < -0.3 is 18.9 Å². The van der Waals surface area contributed by atoms with Crippen LogP contribution in [0.15, 0.2) is 70.1 Å². The molecule has 1 aromatic heterocycles. The number of carbonyl (C=O) groups excluding carboxylic acids is 1. The molecule has 0 saturated heterocycles. The van der Waals surface area contributed by atoms with Crippen LogP contribution < -0.4 is 29.1 Å². The molecule has 0 radical (unpaired) electrons. The lowest BCUT2D eigenvalue weighted by molar-refractivity contribution is -0.385. The van der Waals surface area contributed by atoms with E-state index < -0.39 is 22.5 Å². The molecule has 2 aromatic carbocycles. The number of allylic oxidation sites excluding steroid dienone is 1. The number of ether oxygens (including phenoxy) is 4. The number of benzene rings is 2. The molecular formula is C27H23N3O8S. The minimum Gasteiger partial charge on any atom is -0.490 e. The Morgan fingerprint density at radius 3 is 2.67 bits per heavy atom. The largest absolute Gasteiger partial charge is 0.490 e. The number of nitro benzene ring substituents is 1. The van der Waals surface area contributed by atoms with Crippen LogP contribution in [0.2, 0.25) is 0 Å². The van der Waals surface area contributed by atoms with Crippen LogP contribution in [-0.2, 0) is 9.53 Å². The van der Waals surface area contributed by atoms with Crippen LogP contribution in [0.1, 0.15) is 31.0 Å². The number of nitro groups is 1. The highest BCUT2D eigenvalue weighted by atomic mass is 32.1. The van der Waals surface area contributed by atoms with Crippen LogP contribution in [0.4, 0.5) is 5.69 Å². The molecular weight excluding hydrogens is 526 g/mol. The highest BCUT2D eigenvalue weighted by molar-refractivity contribution is 7.07. The second-order valence-corrected chi connectivity index (χ2v) is 9.50. The Morgan fingerprint density at radius 2 is 2.00 bits per heavy atom. The van der Waals surface area contributed by atoms with Crippen LogP contribution in [0, 0.1) is 10.1 Å². The van der Waals surface area contributed by atoms with Crippen LogP contribution in [0.3, 0.4) is 0 Å². The number of hydrogen-bond donors (Lipinski definition) is 0. The molecule has 3 aromatic rings. The van der Waals surface area contributed by atoms with Gasteiger partial charge in [0, 0.05) is 0 Å². The highest BCUT2D eigenvalue weighted by Gasteiger charge is 2.33. The zero-order chi connectivity index (χ0) is 27.7. The molecule has 0 N–H and O–H groups in total. The number of esters is 1. The summed E-state index contributed by atoms with van der Waals surface area (Å²) in [5, 5.41) is 11.8. The highest BCUT2D eigenvalue weighted by Crippen LogP contribution is 2.38. The SMILES string of the molecule is C=CCOc1ccc([C@H]2C(C(=O)OCC)=C(C)N=c3s/c(=C\c4cc5c(cc4[N+](=O)[O-])OCO5)c(=O)n32)cc1. The van der Waals surface area contributed by atoms with E-state index in [1.807, 2.05) is 0 Å². The predicted molar refractivity (Wildman–Crippen MR) is 142 cm³/mol. The Hall–Kier alpha value is -4.71. The van der Waals surface area contributed by atoms with E-state index in [4.69, 9.17) is 18.9 Å². The monoisotopic (exact) mass is 549 g/mol. The van der Waals surface area contributed by atoms with Gasteiger partial charge in [0.25, 0.3) is 11.2 Å². The fraction of sp³-hybridized carbons (Fsp3) is 0.222. The lowest BCUT2D eigenvalue weighted by Crippen LogP contribution is -2.39.